The maximum Gasteiger partial charge on any atom is 0.243 e. The molecule has 0 radical (unpaired) electrons. The molecule has 2 aliphatic carbocycles. The van der Waals surface area contributed by atoms with Gasteiger partial charge in [0.05, 0.1) is 24.5 Å². The van der Waals surface area contributed by atoms with Gasteiger partial charge in [-0.1, -0.05) is 58.6 Å². The summed E-state index contributed by atoms with van der Waals surface area (Å²) in [6.45, 7) is 5.78. The molecule has 0 aromatic rings. The Morgan fingerprint density at radius 1 is 1.16 bits per heavy atom. The van der Waals surface area contributed by atoms with Gasteiger partial charge in [-0.15, -0.1) is 0 Å². The SMILES string of the molecule is CCC[C@@H]1C=C[C@H]2[C@H](C(=O)N([C@@H](CO)C(C)C)[C@@H]2C(=O)NC2CCCCC2)[C@@H]1C(=O)NC. The number of allylic oxidation sites excluding steroid dienone is 1. The van der Waals surface area contributed by atoms with E-state index in [1.54, 1.807) is 11.9 Å². The smallest absolute Gasteiger partial charge is 0.243 e. The summed E-state index contributed by atoms with van der Waals surface area (Å²) >= 11 is 0. The molecule has 1 heterocycles. The number of carbonyl (C=O) groups excluding carboxylic acids is 3. The molecule has 180 valence electrons. The highest BCUT2D eigenvalue weighted by Crippen LogP contribution is 2.46. The summed E-state index contributed by atoms with van der Waals surface area (Å²) in [7, 11) is 1.60. The van der Waals surface area contributed by atoms with Crippen molar-refractivity contribution in [3.8, 4) is 0 Å². The second kappa shape index (κ2) is 10.8. The van der Waals surface area contributed by atoms with Crippen molar-refractivity contribution < 1.29 is 19.5 Å². The molecule has 0 aromatic heterocycles. The Morgan fingerprint density at radius 3 is 2.41 bits per heavy atom. The zero-order valence-electron chi connectivity index (χ0n) is 20.0. The first kappa shape index (κ1) is 24.7. The van der Waals surface area contributed by atoms with E-state index in [9.17, 15) is 19.5 Å². The zero-order valence-corrected chi connectivity index (χ0v) is 20.0. The van der Waals surface area contributed by atoms with Gasteiger partial charge in [-0.3, -0.25) is 14.4 Å². The van der Waals surface area contributed by atoms with Crippen LogP contribution in [0.4, 0.5) is 0 Å². The minimum atomic E-state index is -0.694. The molecule has 2 fully saturated rings. The van der Waals surface area contributed by atoms with E-state index in [1.165, 1.54) is 6.42 Å². The number of fused-ring (bicyclic) bond motifs is 1. The molecular weight excluding hydrogens is 406 g/mol. The number of carbonyl (C=O) groups is 3. The second-order valence-electron chi connectivity index (χ2n) is 10.1. The van der Waals surface area contributed by atoms with E-state index in [-0.39, 0.29) is 48.1 Å². The molecule has 7 nitrogen and oxygen atoms in total. The maximum absolute atomic E-state index is 13.9. The van der Waals surface area contributed by atoms with Gasteiger partial charge in [0.15, 0.2) is 0 Å². The normalized spacial score (nSPS) is 31.5. The Kier molecular flexibility index (Phi) is 8.37. The van der Waals surface area contributed by atoms with Gasteiger partial charge in [0, 0.05) is 19.0 Å². The van der Waals surface area contributed by atoms with Gasteiger partial charge in [0.2, 0.25) is 17.7 Å². The average molecular weight is 448 g/mol. The Balaban J connectivity index is 1.99. The van der Waals surface area contributed by atoms with Crippen LogP contribution in [0.2, 0.25) is 0 Å². The van der Waals surface area contributed by atoms with Crippen LogP contribution in [-0.2, 0) is 14.4 Å². The Bertz CT molecular complexity index is 716. The van der Waals surface area contributed by atoms with Crippen LogP contribution in [0, 0.1) is 29.6 Å². The minimum Gasteiger partial charge on any atom is -0.394 e. The zero-order chi connectivity index (χ0) is 23.4. The van der Waals surface area contributed by atoms with Crippen LogP contribution >= 0.6 is 0 Å². The third kappa shape index (κ3) is 4.73. The molecule has 32 heavy (non-hydrogen) atoms. The van der Waals surface area contributed by atoms with Crippen LogP contribution in [0.5, 0.6) is 0 Å². The van der Waals surface area contributed by atoms with Crippen molar-refractivity contribution >= 4 is 17.7 Å². The molecule has 6 atom stereocenters. The second-order valence-corrected chi connectivity index (χ2v) is 10.1. The Hall–Kier alpha value is -1.89. The van der Waals surface area contributed by atoms with Crippen LogP contribution in [0.25, 0.3) is 0 Å². The highest BCUT2D eigenvalue weighted by Gasteiger charge is 2.58. The van der Waals surface area contributed by atoms with Gasteiger partial charge in [-0.05, 0) is 31.1 Å². The first-order valence-electron chi connectivity index (χ1n) is 12.5. The Labute approximate surface area is 192 Å². The molecule has 1 saturated carbocycles. The number of aliphatic hydroxyl groups excluding tert-OH is 1. The molecule has 0 bridgehead atoms. The van der Waals surface area contributed by atoms with Gasteiger partial charge in [0.1, 0.15) is 6.04 Å². The number of aliphatic hydroxyl groups is 1. The number of hydrogen-bond acceptors (Lipinski definition) is 4. The molecular formula is C25H41N3O4. The van der Waals surface area contributed by atoms with E-state index >= 15 is 0 Å². The fourth-order valence-corrected chi connectivity index (χ4v) is 6.09. The minimum absolute atomic E-state index is 0.0112. The number of rotatable bonds is 8. The van der Waals surface area contributed by atoms with Crippen LogP contribution in [-0.4, -0.2) is 59.5 Å². The summed E-state index contributed by atoms with van der Waals surface area (Å²) in [5, 5.41) is 16.1. The van der Waals surface area contributed by atoms with Gasteiger partial charge >= 0.3 is 0 Å². The predicted octanol–water partition coefficient (Wildman–Crippen LogP) is 2.24. The van der Waals surface area contributed by atoms with Crippen LogP contribution in [0.3, 0.4) is 0 Å². The van der Waals surface area contributed by atoms with Crippen molar-refractivity contribution in [3.05, 3.63) is 12.2 Å². The lowest BCUT2D eigenvalue weighted by Crippen LogP contribution is -2.55. The summed E-state index contributed by atoms with van der Waals surface area (Å²) in [5.41, 5.74) is 0. The van der Waals surface area contributed by atoms with Gasteiger partial charge in [0.25, 0.3) is 0 Å². The monoisotopic (exact) mass is 447 g/mol. The van der Waals surface area contributed by atoms with Gasteiger partial charge < -0.3 is 20.6 Å². The lowest BCUT2D eigenvalue weighted by Gasteiger charge is -2.36. The number of hydrogen-bond donors (Lipinski definition) is 3. The topological polar surface area (TPSA) is 98.7 Å². The fraction of sp³-hybridized carbons (Fsp3) is 0.800. The molecule has 7 heteroatoms. The standard InChI is InChI=1S/C25H41N3O4/c1-5-9-16-12-13-18-21(20(16)23(30)26-4)25(32)28(19(14-29)15(2)3)22(18)24(31)27-17-10-7-6-8-11-17/h12-13,15-22,29H,5-11,14H2,1-4H3,(H,26,30)(H,27,31)/t16-,18+,19+,20-,21+,22+/m1/s1. The van der Waals surface area contributed by atoms with Crippen molar-refractivity contribution in [1.29, 1.82) is 0 Å². The van der Waals surface area contributed by atoms with Crippen LogP contribution in [0.1, 0.15) is 65.7 Å². The molecule has 3 aliphatic rings. The van der Waals surface area contributed by atoms with Crippen molar-refractivity contribution in [2.45, 2.75) is 83.8 Å². The number of nitrogens with zero attached hydrogens (tertiary/aromatic N) is 1. The summed E-state index contributed by atoms with van der Waals surface area (Å²) in [6, 6.07) is -1.02. The van der Waals surface area contributed by atoms with E-state index in [4.69, 9.17) is 0 Å². The third-order valence-corrected chi connectivity index (χ3v) is 7.75. The molecule has 3 amide bonds. The summed E-state index contributed by atoms with van der Waals surface area (Å²) in [4.78, 5) is 42.0. The number of nitrogens with one attached hydrogen (secondary N) is 2. The molecule has 1 saturated heterocycles. The molecule has 0 spiro atoms. The average Bonchev–Trinajstić information content (AvgIpc) is 3.07. The highest BCUT2D eigenvalue weighted by atomic mass is 16.3. The first-order chi connectivity index (χ1) is 15.3. The van der Waals surface area contributed by atoms with E-state index < -0.39 is 23.9 Å². The molecule has 3 N–H and O–H groups in total. The van der Waals surface area contributed by atoms with Crippen molar-refractivity contribution in [3.63, 3.8) is 0 Å². The van der Waals surface area contributed by atoms with E-state index in [1.807, 2.05) is 26.0 Å². The lowest BCUT2D eigenvalue weighted by atomic mass is 9.68. The summed E-state index contributed by atoms with van der Waals surface area (Å²) < 4.78 is 0. The highest BCUT2D eigenvalue weighted by molar-refractivity contribution is 5.97. The van der Waals surface area contributed by atoms with Gasteiger partial charge in [-0.25, -0.2) is 0 Å². The lowest BCUT2D eigenvalue weighted by molar-refractivity contribution is -0.144. The van der Waals surface area contributed by atoms with E-state index in [0.717, 1.165) is 38.5 Å². The number of amides is 3. The van der Waals surface area contributed by atoms with E-state index in [2.05, 4.69) is 17.6 Å². The summed E-state index contributed by atoms with van der Waals surface area (Å²) in [6.07, 6.45) is 11.1. The molecule has 0 aromatic carbocycles. The molecule has 0 unspecified atom stereocenters. The number of likely N-dealkylation sites (tertiary alicyclic amines) is 1. The van der Waals surface area contributed by atoms with Crippen LogP contribution < -0.4 is 10.6 Å². The largest absolute Gasteiger partial charge is 0.394 e. The fourth-order valence-electron chi connectivity index (χ4n) is 6.09. The van der Waals surface area contributed by atoms with Crippen molar-refractivity contribution in [1.82, 2.24) is 15.5 Å². The third-order valence-electron chi connectivity index (χ3n) is 7.75. The summed E-state index contributed by atoms with van der Waals surface area (Å²) in [5.74, 6) is -1.95. The first-order valence-corrected chi connectivity index (χ1v) is 12.5. The molecule has 1 aliphatic heterocycles. The van der Waals surface area contributed by atoms with Gasteiger partial charge in [-0.2, -0.15) is 0 Å². The quantitative estimate of drug-likeness (QED) is 0.497. The van der Waals surface area contributed by atoms with Crippen molar-refractivity contribution in [2.24, 2.45) is 29.6 Å². The molecule has 3 rings (SSSR count). The van der Waals surface area contributed by atoms with E-state index in [0.29, 0.717) is 0 Å². The maximum atomic E-state index is 13.9. The Morgan fingerprint density at radius 2 is 1.84 bits per heavy atom. The van der Waals surface area contributed by atoms with Crippen molar-refractivity contribution in [2.75, 3.05) is 13.7 Å². The van der Waals surface area contributed by atoms with Crippen LogP contribution in [0.15, 0.2) is 12.2 Å². The predicted molar refractivity (Wildman–Crippen MR) is 123 cm³/mol.